The van der Waals surface area contributed by atoms with Crippen LogP contribution in [0.2, 0.25) is 10.0 Å². The van der Waals surface area contributed by atoms with E-state index in [2.05, 4.69) is 10.6 Å². The van der Waals surface area contributed by atoms with Gasteiger partial charge in [0.05, 0.1) is 22.2 Å². The van der Waals surface area contributed by atoms with Crippen LogP contribution in [0.5, 0.6) is 0 Å². The minimum atomic E-state index is 0.629. The Morgan fingerprint density at radius 2 is 1.95 bits per heavy atom. The predicted molar refractivity (Wildman–Crippen MR) is 87.0 cm³/mol. The molecule has 4 heteroatoms. The summed E-state index contributed by atoms with van der Waals surface area (Å²) in [5.41, 5.74) is 3.96. The molecule has 0 atom stereocenters. The van der Waals surface area contributed by atoms with Gasteiger partial charge in [-0.25, -0.2) is 0 Å². The molecule has 0 N–H and O–H groups in total. The van der Waals surface area contributed by atoms with Crippen LogP contribution in [-0.2, 0) is 6.54 Å². The minimum Gasteiger partial charge on any atom is -0.343 e. The van der Waals surface area contributed by atoms with Gasteiger partial charge in [-0.2, -0.15) is 5.26 Å². The van der Waals surface area contributed by atoms with Crippen molar-refractivity contribution in [3.05, 3.63) is 69.3 Å². The van der Waals surface area contributed by atoms with Gasteiger partial charge in [-0.15, -0.1) is 0 Å². The highest BCUT2D eigenvalue weighted by Crippen LogP contribution is 2.29. The second kappa shape index (κ2) is 5.44. The average molecular weight is 315 g/mol. The highest BCUT2D eigenvalue weighted by Gasteiger charge is 2.08. The largest absolute Gasteiger partial charge is 0.343 e. The summed E-state index contributed by atoms with van der Waals surface area (Å²) >= 11 is 12.3. The Morgan fingerprint density at radius 3 is 2.67 bits per heavy atom. The van der Waals surface area contributed by atoms with Gasteiger partial charge in [0.1, 0.15) is 0 Å². The van der Waals surface area contributed by atoms with Crippen LogP contribution in [0.1, 0.15) is 16.7 Å². The molecule has 0 saturated heterocycles. The first-order valence-electron chi connectivity index (χ1n) is 6.52. The molecule has 2 nitrogen and oxygen atoms in total. The molecule has 0 aliphatic rings. The van der Waals surface area contributed by atoms with Crippen molar-refractivity contribution in [2.24, 2.45) is 0 Å². The summed E-state index contributed by atoms with van der Waals surface area (Å²) < 4.78 is 2.11. The molecule has 3 aromatic rings. The fourth-order valence-electron chi connectivity index (χ4n) is 2.48. The van der Waals surface area contributed by atoms with Crippen LogP contribution in [0.25, 0.3) is 10.9 Å². The number of fused-ring (bicyclic) bond motifs is 1. The molecule has 0 amide bonds. The van der Waals surface area contributed by atoms with Crippen molar-refractivity contribution < 1.29 is 0 Å². The smallest absolute Gasteiger partial charge is 0.0991 e. The first kappa shape index (κ1) is 14.0. The summed E-state index contributed by atoms with van der Waals surface area (Å²) in [6.07, 6.45) is 2.00. The summed E-state index contributed by atoms with van der Waals surface area (Å²) in [5.74, 6) is 0. The maximum absolute atomic E-state index is 8.93. The lowest BCUT2D eigenvalue weighted by atomic mass is 10.1. The monoisotopic (exact) mass is 314 g/mol. The number of aryl methyl sites for hydroxylation is 1. The topological polar surface area (TPSA) is 28.7 Å². The van der Waals surface area contributed by atoms with Crippen LogP contribution >= 0.6 is 23.2 Å². The number of aromatic nitrogens is 1. The molecule has 0 bridgehead atoms. The van der Waals surface area contributed by atoms with Crippen molar-refractivity contribution in [1.29, 1.82) is 5.26 Å². The molecule has 104 valence electrons. The lowest BCUT2D eigenvalue weighted by Gasteiger charge is -2.09. The predicted octanol–water partition coefficient (Wildman–Crippen LogP) is 5.18. The van der Waals surface area contributed by atoms with Crippen LogP contribution in [0.15, 0.2) is 42.6 Å². The molecule has 0 fully saturated rings. The third-order valence-corrected chi connectivity index (χ3v) is 4.15. The molecular weight excluding hydrogens is 303 g/mol. The van der Waals surface area contributed by atoms with E-state index in [0.29, 0.717) is 15.6 Å². The summed E-state index contributed by atoms with van der Waals surface area (Å²) in [7, 11) is 0. The molecule has 3 rings (SSSR count). The van der Waals surface area contributed by atoms with E-state index in [1.54, 1.807) is 6.07 Å². The standard InChI is InChI=1S/C17H12Cl2N2/c1-11-6-12(9-20)2-3-13(11)10-21-5-4-15-16(19)7-14(18)8-17(15)21/h2-8H,10H2,1H3. The van der Waals surface area contributed by atoms with Crippen LogP contribution in [0.4, 0.5) is 0 Å². The van der Waals surface area contributed by atoms with Gasteiger partial charge >= 0.3 is 0 Å². The highest BCUT2D eigenvalue weighted by molar-refractivity contribution is 6.38. The maximum atomic E-state index is 8.93. The first-order valence-corrected chi connectivity index (χ1v) is 7.27. The fourth-order valence-corrected chi connectivity index (χ4v) is 3.03. The van der Waals surface area contributed by atoms with Gasteiger partial charge in [-0.3, -0.25) is 0 Å². The SMILES string of the molecule is Cc1cc(C#N)ccc1Cn1ccc2c(Cl)cc(Cl)cc21. The molecule has 0 aliphatic carbocycles. The third kappa shape index (κ3) is 2.63. The first-order chi connectivity index (χ1) is 10.1. The van der Waals surface area contributed by atoms with E-state index < -0.39 is 0 Å². The lowest BCUT2D eigenvalue weighted by Crippen LogP contribution is -2.00. The van der Waals surface area contributed by atoms with Gasteiger partial charge in [0.2, 0.25) is 0 Å². The summed E-state index contributed by atoms with van der Waals surface area (Å²) in [5, 5.41) is 11.2. The second-order valence-corrected chi connectivity index (χ2v) is 5.86. The number of hydrogen-bond acceptors (Lipinski definition) is 1. The van der Waals surface area contributed by atoms with Crippen molar-refractivity contribution in [3.8, 4) is 6.07 Å². The average Bonchev–Trinajstić information content (AvgIpc) is 2.84. The number of hydrogen-bond donors (Lipinski definition) is 0. The van der Waals surface area contributed by atoms with Crippen LogP contribution < -0.4 is 0 Å². The molecular formula is C17H12Cl2N2. The molecule has 1 aromatic heterocycles. The molecule has 0 saturated carbocycles. The zero-order chi connectivity index (χ0) is 15.0. The van der Waals surface area contributed by atoms with E-state index in [1.165, 1.54) is 5.56 Å². The van der Waals surface area contributed by atoms with Gasteiger partial charge in [0.15, 0.2) is 0 Å². The van der Waals surface area contributed by atoms with E-state index >= 15 is 0 Å². The normalized spacial score (nSPS) is 10.8. The van der Waals surface area contributed by atoms with Gasteiger partial charge < -0.3 is 4.57 Å². The zero-order valence-corrected chi connectivity index (χ0v) is 12.9. The van der Waals surface area contributed by atoms with Crippen molar-refractivity contribution in [2.45, 2.75) is 13.5 Å². The van der Waals surface area contributed by atoms with Gasteiger partial charge in [0.25, 0.3) is 0 Å². The van der Waals surface area contributed by atoms with E-state index in [1.807, 2.05) is 43.5 Å². The van der Waals surface area contributed by atoms with Gasteiger partial charge in [-0.05, 0) is 48.4 Å². The van der Waals surface area contributed by atoms with E-state index in [4.69, 9.17) is 28.5 Å². The number of halogens is 2. The molecule has 0 spiro atoms. The van der Waals surface area contributed by atoms with E-state index in [9.17, 15) is 0 Å². The summed E-state index contributed by atoms with van der Waals surface area (Å²) in [4.78, 5) is 0. The van der Waals surface area contributed by atoms with E-state index in [-0.39, 0.29) is 0 Å². The van der Waals surface area contributed by atoms with E-state index in [0.717, 1.165) is 23.0 Å². The Balaban J connectivity index is 2.05. The summed E-state index contributed by atoms with van der Waals surface area (Å²) in [6.45, 7) is 2.74. The third-order valence-electron chi connectivity index (χ3n) is 3.62. The van der Waals surface area contributed by atoms with Crippen molar-refractivity contribution in [2.75, 3.05) is 0 Å². The number of nitrogens with zero attached hydrogens (tertiary/aromatic N) is 2. The molecule has 1 heterocycles. The van der Waals surface area contributed by atoms with Crippen LogP contribution in [0.3, 0.4) is 0 Å². The van der Waals surface area contributed by atoms with Gasteiger partial charge in [-0.1, -0.05) is 29.3 Å². The number of rotatable bonds is 2. The highest BCUT2D eigenvalue weighted by atomic mass is 35.5. The fraction of sp³-hybridized carbons (Fsp3) is 0.118. The van der Waals surface area contributed by atoms with Crippen molar-refractivity contribution in [3.63, 3.8) is 0 Å². The van der Waals surface area contributed by atoms with Gasteiger partial charge in [0, 0.05) is 23.2 Å². The Bertz CT molecular complexity index is 872. The Hall–Kier alpha value is -1.95. The Kier molecular flexibility index (Phi) is 3.63. The molecule has 2 aromatic carbocycles. The zero-order valence-electron chi connectivity index (χ0n) is 11.4. The van der Waals surface area contributed by atoms with Crippen molar-refractivity contribution >= 4 is 34.1 Å². The lowest BCUT2D eigenvalue weighted by molar-refractivity contribution is 0.830. The number of nitriles is 1. The Labute approximate surface area is 133 Å². The van der Waals surface area contributed by atoms with Crippen LogP contribution in [-0.4, -0.2) is 4.57 Å². The maximum Gasteiger partial charge on any atom is 0.0991 e. The number of benzene rings is 2. The quantitative estimate of drug-likeness (QED) is 0.641. The molecule has 21 heavy (non-hydrogen) atoms. The molecule has 0 aliphatic heterocycles. The van der Waals surface area contributed by atoms with Crippen molar-refractivity contribution in [1.82, 2.24) is 4.57 Å². The Morgan fingerprint density at radius 1 is 1.14 bits per heavy atom. The molecule has 0 unspecified atom stereocenters. The van der Waals surface area contributed by atoms with Crippen LogP contribution in [0, 0.1) is 18.3 Å². The molecule has 0 radical (unpaired) electrons. The summed E-state index contributed by atoms with van der Waals surface area (Å²) in [6, 6.07) is 13.6. The second-order valence-electron chi connectivity index (χ2n) is 5.02. The minimum absolute atomic E-state index is 0.629.